The fourth-order valence-electron chi connectivity index (χ4n) is 2.83. The summed E-state index contributed by atoms with van der Waals surface area (Å²) in [7, 11) is 2.05. The molecule has 2 aromatic carbocycles. The monoisotopic (exact) mass is 301 g/mol. The second-order valence-corrected chi connectivity index (χ2v) is 5.71. The normalized spacial score (nSPS) is 11.0. The van der Waals surface area contributed by atoms with E-state index in [0.717, 1.165) is 22.4 Å². The van der Waals surface area contributed by atoms with E-state index >= 15 is 0 Å². The Morgan fingerprint density at radius 1 is 0.957 bits per heavy atom. The lowest BCUT2D eigenvalue weighted by Gasteiger charge is -2.05. The van der Waals surface area contributed by atoms with Crippen LogP contribution in [-0.4, -0.2) is 4.98 Å². The maximum absolute atomic E-state index is 5.89. The Kier molecular flexibility index (Phi) is 3.19. The third kappa shape index (κ3) is 2.40. The predicted octanol–water partition coefficient (Wildman–Crippen LogP) is 4.29. The predicted molar refractivity (Wildman–Crippen MR) is 90.8 cm³/mol. The minimum absolute atomic E-state index is 0.654. The molecule has 3 nitrogen and oxygen atoms in total. The Morgan fingerprint density at radius 2 is 1.74 bits per heavy atom. The van der Waals surface area contributed by atoms with Crippen LogP contribution in [0.2, 0.25) is 0 Å². The highest BCUT2D eigenvalue weighted by Crippen LogP contribution is 2.27. The summed E-state index contributed by atoms with van der Waals surface area (Å²) in [4.78, 5) is 4.59. The third-order valence-corrected chi connectivity index (χ3v) is 4.11. The van der Waals surface area contributed by atoms with Gasteiger partial charge in [0.15, 0.2) is 11.8 Å². The van der Waals surface area contributed by atoms with Gasteiger partial charge in [0.2, 0.25) is 11.6 Å². The Bertz CT molecular complexity index is 968. The molecule has 112 valence electrons. The number of aryl methyl sites for hydroxylation is 2. The van der Waals surface area contributed by atoms with Crippen LogP contribution in [0, 0.1) is 6.92 Å². The summed E-state index contributed by atoms with van der Waals surface area (Å²) in [5.41, 5.74) is 6.28. The number of fused-ring (bicyclic) bond motifs is 1. The lowest BCUT2D eigenvalue weighted by atomic mass is 10.0. The van der Waals surface area contributed by atoms with Crippen LogP contribution in [0.15, 0.2) is 71.3 Å². The van der Waals surface area contributed by atoms with Crippen molar-refractivity contribution in [2.45, 2.75) is 6.92 Å². The molecular formula is C20H17N2O+. The molecule has 2 heterocycles. The van der Waals surface area contributed by atoms with Crippen LogP contribution in [0.25, 0.3) is 33.8 Å². The zero-order valence-corrected chi connectivity index (χ0v) is 13.2. The number of hydrogen-bond acceptors (Lipinski definition) is 2. The number of para-hydroxylation sites is 2. The highest BCUT2D eigenvalue weighted by Gasteiger charge is 2.16. The van der Waals surface area contributed by atoms with Gasteiger partial charge >= 0.3 is 0 Å². The molecule has 0 aliphatic carbocycles. The van der Waals surface area contributed by atoms with Gasteiger partial charge in [0.05, 0.1) is 0 Å². The van der Waals surface area contributed by atoms with Crippen molar-refractivity contribution < 1.29 is 8.98 Å². The molecule has 0 saturated heterocycles. The summed E-state index contributed by atoms with van der Waals surface area (Å²) in [6.45, 7) is 2.13. The first kappa shape index (κ1) is 13.7. The van der Waals surface area contributed by atoms with E-state index in [1.165, 1.54) is 11.1 Å². The molecule has 4 aromatic rings. The number of aromatic nitrogens is 2. The molecule has 2 aromatic heterocycles. The van der Waals surface area contributed by atoms with Gasteiger partial charge in [-0.15, -0.1) is 0 Å². The van der Waals surface area contributed by atoms with Gasteiger partial charge in [-0.2, -0.15) is 0 Å². The lowest BCUT2D eigenvalue weighted by molar-refractivity contribution is -0.660. The number of rotatable bonds is 2. The van der Waals surface area contributed by atoms with Gasteiger partial charge in [0, 0.05) is 23.3 Å². The van der Waals surface area contributed by atoms with Crippen molar-refractivity contribution in [1.29, 1.82) is 0 Å². The van der Waals surface area contributed by atoms with Crippen molar-refractivity contribution in [2.24, 2.45) is 7.05 Å². The fraction of sp³-hybridized carbons (Fsp3) is 0.100. The molecule has 0 aliphatic heterocycles. The van der Waals surface area contributed by atoms with Crippen molar-refractivity contribution >= 4 is 11.1 Å². The van der Waals surface area contributed by atoms with Gasteiger partial charge in [-0.05, 0) is 30.7 Å². The quantitative estimate of drug-likeness (QED) is 0.517. The highest BCUT2D eigenvalue weighted by molar-refractivity contribution is 5.76. The van der Waals surface area contributed by atoms with E-state index in [2.05, 4.69) is 53.9 Å². The van der Waals surface area contributed by atoms with Crippen LogP contribution < -0.4 is 4.57 Å². The third-order valence-electron chi connectivity index (χ3n) is 4.11. The van der Waals surface area contributed by atoms with Crippen molar-refractivity contribution in [1.82, 2.24) is 4.98 Å². The van der Waals surface area contributed by atoms with Gasteiger partial charge in [0.1, 0.15) is 12.6 Å². The van der Waals surface area contributed by atoms with E-state index in [0.29, 0.717) is 5.89 Å². The van der Waals surface area contributed by atoms with E-state index < -0.39 is 0 Å². The van der Waals surface area contributed by atoms with Crippen LogP contribution in [0.5, 0.6) is 0 Å². The van der Waals surface area contributed by atoms with E-state index in [1.54, 1.807) is 0 Å². The number of benzene rings is 2. The first-order valence-electron chi connectivity index (χ1n) is 7.64. The van der Waals surface area contributed by atoms with Gasteiger partial charge in [-0.25, -0.2) is 9.55 Å². The second kappa shape index (κ2) is 5.36. The van der Waals surface area contributed by atoms with E-state index in [1.807, 2.05) is 36.5 Å². The molecule has 0 spiro atoms. The largest absolute Gasteiger partial charge is 0.436 e. The number of pyridine rings is 1. The number of oxazole rings is 1. The summed E-state index contributed by atoms with van der Waals surface area (Å²) >= 11 is 0. The molecule has 3 heteroatoms. The topological polar surface area (TPSA) is 29.9 Å². The van der Waals surface area contributed by atoms with Gasteiger partial charge < -0.3 is 4.42 Å². The van der Waals surface area contributed by atoms with Gasteiger partial charge in [0.25, 0.3) is 0 Å². The fourth-order valence-corrected chi connectivity index (χ4v) is 2.83. The van der Waals surface area contributed by atoms with Gasteiger partial charge in [-0.3, -0.25) is 0 Å². The first-order chi connectivity index (χ1) is 11.2. The average molecular weight is 301 g/mol. The maximum Gasteiger partial charge on any atom is 0.227 e. The zero-order valence-electron chi connectivity index (χ0n) is 13.2. The molecule has 0 atom stereocenters. The van der Waals surface area contributed by atoms with Gasteiger partial charge in [-0.1, -0.05) is 30.3 Å². The summed E-state index contributed by atoms with van der Waals surface area (Å²) < 4.78 is 8.01. The minimum atomic E-state index is 0.654. The Hall–Kier alpha value is -2.94. The summed E-state index contributed by atoms with van der Waals surface area (Å²) in [5.74, 6) is 0.654. The standard InChI is InChI=1S/C20H17N2O/c1-14-7-3-4-8-16(14)18-13-15(11-12-22(18)2)20-21-17-9-5-6-10-19(17)23-20/h3-13H,1-2H3/q+1. The smallest absolute Gasteiger partial charge is 0.227 e. The summed E-state index contributed by atoms with van der Waals surface area (Å²) in [6, 6.07) is 20.4. The first-order valence-corrected chi connectivity index (χ1v) is 7.64. The van der Waals surface area contributed by atoms with Crippen molar-refractivity contribution in [2.75, 3.05) is 0 Å². The zero-order chi connectivity index (χ0) is 15.8. The minimum Gasteiger partial charge on any atom is -0.436 e. The molecule has 4 rings (SSSR count). The molecule has 23 heavy (non-hydrogen) atoms. The van der Waals surface area contributed by atoms with Crippen LogP contribution in [0.3, 0.4) is 0 Å². The molecule has 0 radical (unpaired) electrons. The Morgan fingerprint density at radius 3 is 2.57 bits per heavy atom. The Balaban J connectivity index is 1.88. The van der Waals surface area contributed by atoms with Crippen molar-refractivity contribution in [3.8, 4) is 22.7 Å². The molecule has 0 amide bonds. The molecule has 0 unspecified atom stereocenters. The second-order valence-electron chi connectivity index (χ2n) is 5.71. The van der Waals surface area contributed by atoms with Crippen molar-refractivity contribution in [3.05, 3.63) is 72.4 Å². The molecule has 0 saturated carbocycles. The maximum atomic E-state index is 5.89. The highest BCUT2D eigenvalue weighted by atomic mass is 16.3. The molecule has 0 aliphatic rings. The molecule has 0 bridgehead atoms. The van der Waals surface area contributed by atoms with Crippen LogP contribution in [0.1, 0.15) is 5.56 Å². The summed E-state index contributed by atoms with van der Waals surface area (Å²) in [6.07, 6.45) is 2.05. The number of nitrogens with zero attached hydrogens (tertiary/aromatic N) is 2. The van der Waals surface area contributed by atoms with Crippen LogP contribution >= 0.6 is 0 Å². The number of hydrogen-bond donors (Lipinski definition) is 0. The Labute approximate surface area is 134 Å². The molecule has 0 fully saturated rings. The molecule has 0 N–H and O–H groups in total. The average Bonchev–Trinajstić information content (AvgIpc) is 3.00. The van der Waals surface area contributed by atoms with Crippen LogP contribution in [0.4, 0.5) is 0 Å². The summed E-state index contributed by atoms with van der Waals surface area (Å²) in [5, 5.41) is 0. The SMILES string of the molecule is Cc1ccccc1-c1cc(-c2nc3ccccc3o2)cc[n+]1C. The lowest BCUT2D eigenvalue weighted by Crippen LogP contribution is -2.30. The van der Waals surface area contributed by atoms with E-state index in [4.69, 9.17) is 4.42 Å². The van der Waals surface area contributed by atoms with E-state index in [-0.39, 0.29) is 0 Å². The van der Waals surface area contributed by atoms with Crippen LogP contribution in [-0.2, 0) is 7.05 Å². The van der Waals surface area contributed by atoms with E-state index in [9.17, 15) is 0 Å². The molecular weight excluding hydrogens is 284 g/mol. The van der Waals surface area contributed by atoms with Crippen molar-refractivity contribution in [3.63, 3.8) is 0 Å².